The second-order valence-electron chi connectivity index (χ2n) is 14.1. The van der Waals surface area contributed by atoms with E-state index in [2.05, 4.69) is 37.2 Å². The molecule has 0 bridgehead atoms. The van der Waals surface area contributed by atoms with Crippen molar-refractivity contribution in [3.63, 3.8) is 0 Å². The van der Waals surface area contributed by atoms with Crippen LogP contribution in [-0.4, -0.2) is 159 Å². The third kappa shape index (κ3) is 16.2. The van der Waals surface area contributed by atoms with E-state index < -0.39 is 84.9 Å². The van der Waals surface area contributed by atoms with E-state index in [0.717, 1.165) is 31.9 Å². The summed E-state index contributed by atoms with van der Waals surface area (Å²) in [5.74, 6) is -2.84. The predicted molar refractivity (Wildman–Crippen MR) is 214 cm³/mol. The lowest BCUT2D eigenvalue weighted by Gasteiger charge is -2.43. The molecule has 0 radical (unpaired) electrons. The van der Waals surface area contributed by atoms with Crippen LogP contribution in [0.2, 0.25) is 0 Å². The predicted octanol–water partition coefficient (Wildman–Crippen LogP) is -2.59. The molecule has 8 amide bonds. The van der Waals surface area contributed by atoms with Gasteiger partial charge in [0.1, 0.15) is 42.5 Å². The number of carbonyl (C=O) groups is 8. The number of nitrogens with two attached hydrogens (primary N) is 1. The van der Waals surface area contributed by atoms with E-state index in [4.69, 9.17) is 20.3 Å². The molecule has 11 atom stereocenters. The number of aliphatic hydroxyl groups excluding tert-OH is 2. The number of thioether (sulfide) groups is 1. The first kappa shape index (κ1) is 48.8. The Morgan fingerprint density at radius 3 is 2.36 bits per heavy atom. The van der Waals surface area contributed by atoms with Crippen LogP contribution in [-0.2, 0) is 43.0 Å². The zero-order chi connectivity index (χ0) is 42.9. The molecule has 328 valence electrons. The molecule has 58 heavy (non-hydrogen) atoms. The van der Waals surface area contributed by atoms with Gasteiger partial charge in [-0.05, 0) is 33.1 Å². The molecule has 3 rings (SSSR count). The van der Waals surface area contributed by atoms with Gasteiger partial charge in [0.05, 0.1) is 12.1 Å². The maximum Gasteiger partial charge on any atom is 0.315 e. The fraction of sp³-hybridized carbons (Fsp3) is 0.765. The van der Waals surface area contributed by atoms with E-state index in [9.17, 15) is 48.6 Å². The third-order valence-corrected chi connectivity index (χ3v) is 13.4. The average Bonchev–Trinajstić information content (AvgIpc) is 3.71. The van der Waals surface area contributed by atoms with Gasteiger partial charge in [0, 0.05) is 61.8 Å². The van der Waals surface area contributed by atoms with Crippen molar-refractivity contribution in [2.45, 2.75) is 132 Å². The molecule has 24 heteroatoms. The van der Waals surface area contributed by atoms with Gasteiger partial charge in [0.2, 0.25) is 35.4 Å². The van der Waals surface area contributed by atoms with Crippen LogP contribution in [0.5, 0.6) is 0 Å². The standard InChI is InChI=1S/C34H56N8O13S3/c1-16(31(50)40-19(30(35)49)8-9-25(46)47)38-32(51)17(2)54-29-27(39-18(3)43)33(52)55-21(28(29)48)14-37-24(45)10-12-57-58-13-11-36-23(44)7-5-4-6-22-26-20(15-56-22)41-34(53)42-26/h16-17,19-22,26-29,33,48,52H,4-15H2,1-3H3,(H2,35,49)(H,36,44)(H,37,45)(H,38,51)(H,39,43)(H,40,50)(H,46,47)(H2,41,42,53)/t16-,17+,19-,20+,21+,22?,26+,27+,28+,29+,33+/m0/s1. The third-order valence-electron chi connectivity index (χ3n) is 9.44. The number of hydrogen-bond donors (Lipinski definition) is 11. The molecule has 0 aromatic carbocycles. The molecular weight excluding hydrogens is 825 g/mol. The summed E-state index contributed by atoms with van der Waals surface area (Å²) in [5, 5.41) is 49.6. The second-order valence-corrected chi connectivity index (χ2v) is 18.0. The largest absolute Gasteiger partial charge is 0.481 e. The number of ether oxygens (including phenoxy) is 2. The number of primary amides is 1. The van der Waals surface area contributed by atoms with E-state index in [1.54, 1.807) is 0 Å². The van der Waals surface area contributed by atoms with E-state index in [-0.39, 0.29) is 49.3 Å². The molecule has 0 aromatic rings. The molecule has 3 saturated heterocycles. The summed E-state index contributed by atoms with van der Waals surface area (Å²) in [7, 11) is 2.95. The number of hydrogen-bond acceptors (Lipinski definition) is 15. The Labute approximate surface area is 348 Å². The van der Waals surface area contributed by atoms with Crippen LogP contribution >= 0.6 is 33.3 Å². The highest BCUT2D eigenvalue weighted by molar-refractivity contribution is 8.76. The lowest BCUT2D eigenvalue weighted by molar-refractivity contribution is -0.259. The number of rotatable bonds is 25. The van der Waals surface area contributed by atoms with Crippen LogP contribution in [0.1, 0.15) is 65.7 Å². The first-order valence-electron chi connectivity index (χ1n) is 19.0. The molecule has 12 N–H and O–H groups in total. The van der Waals surface area contributed by atoms with Gasteiger partial charge in [-0.1, -0.05) is 28.0 Å². The Kier molecular flexibility index (Phi) is 20.6. The Morgan fingerprint density at radius 2 is 1.67 bits per heavy atom. The van der Waals surface area contributed by atoms with Gasteiger partial charge in [-0.2, -0.15) is 11.8 Å². The topological polar surface area (TPSA) is 326 Å². The average molecular weight is 881 g/mol. The number of carboxylic acids is 1. The van der Waals surface area contributed by atoms with E-state index >= 15 is 0 Å². The first-order chi connectivity index (χ1) is 27.5. The smallest absolute Gasteiger partial charge is 0.315 e. The number of nitrogens with one attached hydrogen (secondary N) is 7. The minimum Gasteiger partial charge on any atom is -0.481 e. The lowest BCUT2D eigenvalue weighted by atomic mass is 9.96. The zero-order valence-electron chi connectivity index (χ0n) is 32.6. The summed E-state index contributed by atoms with van der Waals surface area (Å²) >= 11 is 1.85. The number of aliphatic hydroxyl groups is 2. The number of carbonyl (C=O) groups excluding carboxylic acids is 7. The quantitative estimate of drug-likeness (QED) is 0.0255. The maximum atomic E-state index is 13.0. The molecule has 3 aliphatic heterocycles. The SMILES string of the molecule is CC(=O)N[C@@H]1[C@@H](O[C@H](C)C(=O)N[C@@H](C)C(=O)N[C@@H](CCC(=O)O)C(N)=O)[C@H](O)[C@@H](CNC(=O)CCSSCCNC(=O)CCCCC2SC[C@H]3NC(=O)N[C@@H]23)O[C@H]1O. The molecule has 3 heterocycles. The number of fused-ring (bicyclic) bond motifs is 1. The van der Waals surface area contributed by atoms with E-state index in [0.29, 0.717) is 29.7 Å². The van der Waals surface area contributed by atoms with Crippen molar-refractivity contribution in [3.05, 3.63) is 0 Å². The van der Waals surface area contributed by atoms with Crippen molar-refractivity contribution >= 4 is 80.8 Å². The van der Waals surface area contributed by atoms with Crippen LogP contribution in [0.3, 0.4) is 0 Å². The fourth-order valence-corrected chi connectivity index (χ4v) is 9.79. The molecular formula is C34H56N8O13S3. The molecule has 1 unspecified atom stereocenters. The van der Waals surface area contributed by atoms with Gasteiger partial charge in [0.25, 0.3) is 0 Å². The summed E-state index contributed by atoms with van der Waals surface area (Å²) in [6, 6.07) is -3.62. The molecule has 0 aliphatic carbocycles. The molecule has 0 aromatic heterocycles. The summed E-state index contributed by atoms with van der Waals surface area (Å²) in [6.07, 6.45) is -4.80. The highest BCUT2D eigenvalue weighted by atomic mass is 33.1. The number of unbranched alkanes of at least 4 members (excludes halogenated alkanes) is 1. The van der Waals surface area contributed by atoms with Gasteiger partial charge in [0.15, 0.2) is 6.29 Å². The van der Waals surface area contributed by atoms with Gasteiger partial charge in [-0.25, -0.2) is 4.79 Å². The monoisotopic (exact) mass is 880 g/mol. The summed E-state index contributed by atoms with van der Waals surface area (Å²) in [4.78, 5) is 96.3. The summed E-state index contributed by atoms with van der Waals surface area (Å²) < 4.78 is 11.3. The minimum atomic E-state index is -1.71. The van der Waals surface area contributed by atoms with Crippen molar-refractivity contribution in [2.75, 3.05) is 30.3 Å². The molecule has 3 fully saturated rings. The van der Waals surface area contributed by atoms with Crippen molar-refractivity contribution in [2.24, 2.45) is 5.73 Å². The fourth-order valence-electron chi connectivity index (χ4n) is 6.35. The first-order valence-corrected chi connectivity index (χ1v) is 22.5. The Morgan fingerprint density at radius 1 is 0.966 bits per heavy atom. The summed E-state index contributed by atoms with van der Waals surface area (Å²) in [5.41, 5.74) is 5.25. The van der Waals surface area contributed by atoms with Crippen LogP contribution < -0.4 is 43.0 Å². The van der Waals surface area contributed by atoms with E-state index in [1.807, 2.05) is 11.8 Å². The number of aliphatic carboxylic acids is 1. The van der Waals surface area contributed by atoms with Crippen LogP contribution in [0, 0.1) is 0 Å². The van der Waals surface area contributed by atoms with Crippen molar-refractivity contribution in [1.82, 2.24) is 37.2 Å². The molecule has 21 nitrogen and oxygen atoms in total. The van der Waals surface area contributed by atoms with Gasteiger partial charge in [-0.3, -0.25) is 33.6 Å². The Hall–Kier alpha value is -3.55. The van der Waals surface area contributed by atoms with Crippen molar-refractivity contribution < 1.29 is 63.1 Å². The lowest BCUT2D eigenvalue weighted by Crippen LogP contribution is -2.66. The van der Waals surface area contributed by atoms with Crippen molar-refractivity contribution in [3.8, 4) is 0 Å². The van der Waals surface area contributed by atoms with Crippen LogP contribution in [0.25, 0.3) is 0 Å². The van der Waals surface area contributed by atoms with Gasteiger partial charge < -0.3 is 67.7 Å². The molecule has 3 aliphatic rings. The Bertz CT molecular complexity index is 1470. The maximum absolute atomic E-state index is 13.0. The molecule has 0 spiro atoms. The van der Waals surface area contributed by atoms with Crippen LogP contribution in [0.15, 0.2) is 0 Å². The summed E-state index contributed by atoms with van der Waals surface area (Å²) in [6.45, 7) is 3.98. The van der Waals surface area contributed by atoms with E-state index in [1.165, 1.54) is 35.4 Å². The Balaban J connectivity index is 1.34. The highest BCUT2D eigenvalue weighted by Gasteiger charge is 2.47. The van der Waals surface area contributed by atoms with Gasteiger partial charge >= 0.3 is 12.0 Å². The van der Waals surface area contributed by atoms with Crippen LogP contribution in [0.4, 0.5) is 4.79 Å². The highest BCUT2D eigenvalue weighted by Crippen LogP contribution is 2.33. The van der Waals surface area contributed by atoms with Gasteiger partial charge in [-0.15, -0.1) is 0 Å². The second kappa shape index (κ2) is 24.5. The number of carboxylic acid groups (broad SMARTS) is 1. The normalized spacial score (nSPS) is 26.5. The zero-order valence-corrected chi connectivity index (χ0v) is 35.0. The number of urea groups is 1. The van der Waals surface area contributed by atoms with Crippen molar-refractivity contribution in [1.29, 1.82) is 0 Å². The number of amides is 8. The minimum absolute atomic E-state index is 0.0216. The molecule has 0 saturated carbocycles.